The van der Waals surface area contributed by atoms with Crippen molar-refractivity contribution in [3.8, 4) is 0 Å². The van der Waals surface area contributed by atoms with E-state index in [9.17, 15) is 13.2 Å². The Kier molecular flexibility index (Phi) is 4.53. The predicted octanol–water partition coefficient (Wildman–Crippen LogP) is 4.55. The van der Waals surface area contributed by atoms with Crippen molar-refractivity contribution in [2.45, 2.75) is 16.7 Å². The summed E-state index contributed by atoms with van der Waals surface area (Å²) in [5.41, 5.74) is 2.78. The number of aliphatic imine (C=N–C) groups is 1. The summed E-state index contributed by atoms with van der Waals surface area (Å²) in [5, 5.41) is 3.22. The van der Waals surface area contributed by atoms with Crippen LogP contribution in [0.15, 0.2) is 81.5 Å². The van der Waals surface area contributed by atoms with Gasteiger partial charge in [-0.1, -0.05) is 35.9 Å². The molecule has 0 saturated heterocycles. The van der Waals surface area contributed by atoms with Crippen LogP contribution in [-0.4, -0.2) is 20.0 Å². The van der Waals surface area contributed by atoms with E-state index < -0.39 is 9.84 Å². The molecular weight excluding hydrogens is 396 g/mol. The molecule has 0 aromatic heterocycles. The number of halogens is 1. The van der Waals surface area contributed by atoms with Crippen LogP contribution in [0.4, 0.5) is 11.4 Å². The van der Waals surface area contributed by atoms with Gasteiger partial charge in [-0.25, -0.2) is 13.4 Å². The second-order valence-corrected chi connectivity index (χ2v) is 8.70. The summed E-state index contributed by atoms with van der Waals surface area (Å²) in [6.45, 7) is 1.88. The number of hydrogen-bond donors (Lipinski definition) is 1. The van der Waals surface area contributed by atoms with E-state index >= 15 is 0 Å². The Morgan fingerprint density at radius 3 is 2.21 bits per heavy atom. The van der Waals surface area contributed by atoms with Crippen LogP contribution in [0.2, 0.25) is 5.02 Å². The minimum atomic E-state index is -3.60. The van der Waals surface area contributed by atoms with Crippen molar-refractivity contribution in [2.24, 2.45) is 4.99 Å². The van der Waals surface area contributed by atoms with E-state index in [1.807, 2.05) is 13.0 Å². The van der Waals surface area contributed by atoms with Crippen LogP contribution in [0.25, 0.3) is 0 Å². The van der Waals surface area contributed by atoms with Crippen LogP contribution in [0.3, 0.4) is 0 Å². The molecule has 4 rings (SSSR count). The van der Waals surface area contributed by atoms with Crippen LogP contribution in [0, 0.1) is 6.92 Å². The molecule has 0 fully saturated rings. The summed E-state index contributed by atoms with van der Waals surface area (Å²) in [6.07, 6.45) is 0. The highest BCUT2D eigenvalue weighted by Crippen LogP contribution is 2.34. The quantitative estimate of drug-likeness (QED) is 0.688. The number of anilines is 1. The standard InChI is InChI=1S/C21H15ClN2O3S/c1-13-7-12-17(22)18-19(13)24-21(25)20(18)23-14-8-10-16(11-9-14)28(26,27)15-5-3-2-4-6-15/h2-12H,1H3,(H,23,24,25). The summed E-state index contributed by atoms with van der Waals surface area (Å²) in [6, 6.07) is 17.9. The lowest BCUT2D eigenvalue weighted by atomic mass is 10.1. The molecule has 140 valence electrons. The van der Waals surface area contributed by atoms with Gasteiger partial charge in [-0.2, -0.15) is 0 Å². The van der Waals surface area contributed by atoms with Gasteiger partial charge in [0.25, 0.3) is 5.91 Å². The SMILES string of the molecule is Cc1ccc(Cl)c2c1NC(=O)C2=Nc1ccc(S(=O)(=O)c2ccccc2)cc1. The summed E-state index contributed by atoms with van der Waals surface area (Å²) in [5.74, 6) is -0.341. The molecule has 0 unspecified atom stereocenters. The number of aryl methyl sites for hydroxylation is 1. The van der Waals surface area contributed by atoms with Crippen LogP contribution in [-0.2, 0) is 14.6 Å². The molecule has 0 radical (unpaired) electrons. The monoisotopic (exact) mass is 410 g/mol. The molecule has 1 heterocycles. The topological polar surface area (TPSA) is 75.6 Å². The molecule has 5 nitrogen and oxygen atoms in total. The number of amides is 1. The van der Waals surface area contributed by atoms with Gasteiger partial charge in [0.05, 0.1) is 26.2 Å². The molecule has 7 heteroatoms. The first-order valence-electron chi connectivity index (χ1n) is 8.47. The number of carbonyl (C=O) groups excluding carboxylic acids is 1. The highest BCUT2D eigenvalue weighted by atomic mass is 35.5. The largest absolute Gasteiger partial charge is 0.320 e. The number of hydrogen-bond acceptors (Lipinski definition) is 4. The summed E-state index contributed by atoms with van der Waals surface area (Å²) >= 11 is 6.27. The molecule has 28 heavy (non-hydrogen) atoms. The fourth-order valence-electron chi connectivity index (χ4n) is 3.03. The lowest BCUT2D eigenvalue weighted by molar-refractivity contribution is -0.110. The Hall–Kier alpha value is -2.96. The fraction of sp³-hybridized carbons (Fsp3) is 0.0476. The zero-order valence-corrected chi connectivity index (χ0v) is 16.4. The first kappa shape index (κ1) is 18.4. The molecule has 0 saturated carbocycles. The summed E-state index contributed by atoms with van der Waals surface area (Å²) in [4.78, 5) is 17.1. The van der Waals surface area contributed by atoms with E-state index in [1.165, 1.54) is 12.1 Å². The van der Waals surface area contributed by atoms with E-state index in [4.69, 9.17) is 11.6 Å². The number of nitrogens with zero attached hydrogens (tertiary/aromatic N) is 1. The van der Waals surface area contributed by atoms with Gasteiger partial charge < -0.3 is 5.32 Å². The van der Waals surface area contributed by atoms with Crippen LogP contribution in [0.5, 0.6) is 0 Å². The van der Waals surface area contributed by atoms with Crippen molar-refractivity contribution in [1.29, 1.82) is 0 Å². The third-order valence-electron chi connectivity index (χ3n) is 4.49. The maximum absolute atomic E-state index is 12.7. The van der Waals surface area contributed by atoms with Crippen molar-refractivity contribution in [3.63, 3.8) is 0 Å². The maximum atomic E-state index is 12.7. The van der Waals surface area contributed by atoms with Crippen molar-refractivity contribution < 1.29 is 13.2 Å². The maximum Gasteiger partial charge on any atom is 0.275 e. The van der Waals surface area contributed by atoms with Crippen LogP contribution in [0.1, 0.15) is 11.1 Å². The molecule has 3 aromatic carbocycles. The molecule has 1 N–H and O–H groups in total. The Labute approximate surface area is 167 Å². The third kappa shape index (κ3) is 3.10. The van der Waals surface area contributed by atoms with Gasteiger partial charge in [0, 0.05) is 5.56 Å². The van der Waals surface area contributed by atoms with Gasteiger partial charge in [0.1, 0.15) is 5.71 Å². The fourth-order valence-corrected chi connectivity index (χ4v) is 4.56. The first-order chi connectivity index (χ1) is 13.4. The van der Waals surface area contributed by atoms with Gasteiger partial charge in [0.15, 0.2) is 0 Å². The minimum absolute atomic E-state index is 0.160. The Balaban J connectivity index is 1.72. The van der Waals surface area contributed by atoms with E-state index in [0.29, 0.717) is 22.0 Å². The number of carbonyl (C=O) groups is 1. The molecule has 1 aliphatic heterocycles. The lowest BCUT2D eigenvalue weighted by Gasteiger charge is -2.06. The summed E-state index contributed by atoms with van der Waals surface area (Å²) in [7, 11) is -3.60. The molecule has 1 amide bonds. The zero-order valence-electron chi connectivity index (χ0n) is 14.8. The molecule has 0 bridgehead atoms. The van der Waals surface area contributed by atoms with E-state index in [1.54, 1.807) is 48.5 Å². The molecule has 0 aliphatic carbocycles. The molecule has 0 spiro atoms. The summed E-state index contributed by atoms with van der Waals surface area (Å²) < 4.78 is 25.3. The second kappa shape index (κ2) is 6.89. The highest BCUT2D eigenvalue weighted by Gasteiger charge is 2.29. The predicted molar refractivity (Wildman–Crippen MR) is 109 cm³/mol. The van der Waals surface area contributed by atoms with Crippen molar-refractivity contribution in [3.05, 3.63) is 82.9 Å². The number of fused-ring (bicyclic) bond motifs is 1. The third-order valence-corrected chi connectivity index (χ3v) is 6.60. The average molecular weight is 411 g/mol. The van der Waals surface area contributed by atoms with Crippen molar-refractivity contribution in [1.82, 2.24) is 0 Å². The molecule has 0 atom stereocenters. The van der Waals surface area contributed by atoms with Gasteiger partial charge in [-0.3, -0.25) is 4.79 Å². The molecular formula is C21H15ClN2O3S. The van der Waals surface area contributed by atoms with E-state index in [-0.39, 0.29) is 21.4 Å². The average Bonchev–Trinajstić information content (AvgIpc) is 3.03. The second-order valence-electron chi connectivity index (χ2n) is 6.34. The number of sulfone groups is 1. The Morgan fingerprint density at radius 2 is 1.54 bits per heavy atom. The van der Waals surface area contributed by atoms with Crippen LogP contribution < -0.4 is 5.32 Å². The normalized spacial score (nSPS) is 14.8. The van der Waals surface area contributed by atoms with Crippen molar-refractivity contribution >= 4 is 44.4 Å². The van der Waals surface area contributed by atoms with E-state index in [0.717, 1.165) is 5.56 Å². The number of benzene rings is 3. The highest BCUT2D eigenvalue weighted by molar-refractivity contribution is 7.91. The van der Waals surface area contributed by atoms with Gasteiger partial charge in [-0.05, 0) is 55.0 Å². The zero-order chi connectivity index (χ0) is 19.9. The van der Waals surface area contributed by atoms with Crippen LogP contribution >= 0.6 is 11.6 Å². The molecule has 3 aromatic rings. The van der Waals surface area contributed by atoms with Gasteiger partial charge in [-0.15, -0.1) is 0 Å². The van der Waals surface area contributed by atoms with E-state index in [2.05, 4.69) is 10.3 Å². The lowest BCUT2D eigenvalue weighted by Crippen LogP contribution is -2.14. The van der Waals surface area contributed by atoms with Gasteiger partial charge in [0.2, 0.25) is 9.84 Å². The number of rotatable bonds is 3. The molecule has 1 aliphatic rings. The van der Waals surface area contributed by atoms with Gasteiger partial charge >= 0.3 is 0 Å². The Bertz CT molecular complexity index is 1220. The smallest absolute Gasteiger partial charge is 0.275 e. The first-order valence-corrected chi connectivity index (χ1v) is 10.3. The Morgan fingerprint density at radius 1 is 0.893 bits per heavy atom. The number of nitrogens with one attached hydrogen (secondary N) is 1. The van der Waals surface area contributed by atoms with Crippen molar-refractivity contribution in [2.75, 3.05) is 5.32 Å². The minimum Gasteiger partial charge on any atom is -0.320 e.